The summed E-state index contributed by atoms with van der Waals surface area (Å²) in [5, 5.41) is 3.24. The molecular weight excluding hydrogens is 372 g/mol. The van der Waals surface area contributed by atoms with Crippen molar-refractivity contribution in [3.05, 3.63) is 41.0 Å². The van der Waals surface area contributed by atoms with Gasteiger partial charge in [0, 0.05) is 5.39 Å². The topological polar surface area (TPSA) is 94.6 Å². The lowest BCUT2D eigenvalue weighted by Crippen LogP contribution is -2.44. The van der Waals surface area contributed by atoms with E-state index in [4.69, 9.17) is 16.3 Å². The molecule has 0 fully saturated rings. The third kappa shape index (κ3) is 5.65. The van der Waals surface area contributed by atoms with E-state index >= 15 is 0 Å². The number of esters is 2. The molecule has 1 aromatic carbocycles. The first-order valence-electron chi connectivity index (χ1n) is 8.41. The highest BCUT2D eigenvalue weighted by atomic mass is 35.5. The maximum absolute atomic E-state index is 12.4. The molecule has 27 heavy (non-hydrogen) atoms. The van der Waals surface area contributed by atoms with Gasteiger partial charge in [0.1, 0.15) is 11.2 Å². The molecule has 0 aliphatic carbocycles. The second-order valence-electron chi connectivity index (χ2n) is 6.36. The molecule has 1 N–H and O–H groups in total. The normalized spacial score (nSPS) is 11.9. The number of carbonyl (C=O) groups is 3. The van der Waals surface area contributed by atoms with E-state index in [1.165, 1.54) is 13.2 Å². The van der Waals surface area contributed by atoms with Gasteiger partial charge in [-0.25, -0.2) is 14.6 Å². The molecule has 8 heteroatoms. The van der Waals surface area contributed by atoms with Crippen LogP contribution in [0, 0.1) is 5.92 Å². The van der Waals surface area contributed by atoms with Crippen LogP contribution >= 0.6 is 11.6 Å². The Morgan fingerprint density at radius 1 is 1.22 bits per heavy atom. The van der Waals surface area contributed by atoms with Gasteiger partial charge >= 0.3 is 11.9 Å². The summed E-state index contributed by atoms with van der Waals surface area (Å²) in [5.74, 6) is -1.68. The Kier molecular flexibility index (Phi) is 7.12. The SMILES string of the molecule is COC(=O)[C@H](CC(C)C)NC(=O)COC(=O)c1cc(Cl)nc2ccccc12. The van der Waals surface area contributed by atoms with Crippen molar-refractivity contribution in [2.45, 2.75) is 26.3 Å². The monoisotopic (exact) mass is 392 g/mol. The lowest BCUT2D eigenvalue weighted by Gasteiger charge is -2.18. The van der Waals surface area contributed by atoms with E-state index in [0.29, 0.717) is 17.3 Å². The maximum atomic E-state index is 12.4. The largest absolute Gasteiger partial charge is 0.467 e. The zero-order chi connectivity index (χ0) is 20.0. The number of nitrogens with one attached hydrogen (secondary N) is 1. The number of rotatable bonds is 7. The fourth-order valence-electron chi connectivity index (χ4n) is 2.58. The number of fused-ring (bicyclic) bond motifs is 1. The van der Waals surface area contributed by atoms with Gasteiger partial charge in [-0.1, -0.05) is 43.6 Å². The number of hydrogen-bond acceptors (Lipinski definition) is 6. The molecule has 0 saturated heterocycles. The maximum Gasteiger partial charge on any atom is 0.339 e. The van der Waals surface area contributed by atoms with Crippen molar-refractivity contribution in [3.8, 4) is 0 Å². The summed E-state index contributed by atoms with van der Waals surface area (Å²) in [6.07, 6.45) is 0.414. The minimum atomic E-state index is -0.794. The summed E-state index contributed by atoms with van der Waals surface area (Å²) in [6.45, 7) is 3.31. The zero-order valence-corrected chi connectivity index (χ0v) is 16.1. The molecule has 0 bridgehead atoms. The van der Waals surface area contributed by atoms with Gasteiger partial charge in [-0.15, -0.1) is 0 Å². The molecule has 144 valence electrons. The van der Waals surface area contributed by atoms with Crippen molar-refractivity contribution < 1.29 is 23.9 Å². The third-order valence-electron chi connectivity index (χ3n) is 3.77. The van der Waals surface area contributed by atoms with Gasteiger partial charge in [0.15, 0.2) is 6.61 Å². The van der Waals surface area contributed by atoms with Crippen molar-refractivity contribution in [1.29, 1.82) is 0 Å². The van der Waals surface area contributed by atoms with Crippen LogP contribution in [0.15, 0.2) is 30.3 Å². The average Bonchev–Trinajstić information content (AvgIpc) is 2.63. The van der Waals surface area contributed by atoms with Gasteiger partial charge in [-0.3, -0.25) is 4.79 Å². The number of methoxy groups -OCH3 is 1. The van der Waals surface area contributed by atoms with E-state index in [9.17, 15) is 14.4 Å². The molecule has 7 nitrogen and oxygen atoms in total. The summed E-state index contributed by atoms with van der Waals surface area (Å²) in [5.41, 5.74) is 0.759. The molecule has 1 atom stereocenters. The van der Waals surface area contributed by atoms with Crippen molar-refractivity contribution in [2.24, 2.45) is 5.92 Å². The number of amides is 1. The highest BCUT2D eigenvalue weighted by molar-refractivity contribution is 6.30. The number of ether oxygens (including phenoxy) is 2. The van der Waals surface area contributed by atoms with E-state index in [2.05, 4.69) is 15.0 Å². The van der Waals surface area contributed by atoms with Crippen LogP contribution in [-0.2, 0) is 19.1 Å². The standard InChI is InChI=1S/C19H21ClN2O5/c1-11(2)8-15(19(25)26-3)22-17(23)10-27-18(24)13-9-16(20)21-14-7-5-4-6-12(13)14/h4-7,9,11,15H,8,10H2,1-3H3,(H,22,23)/t15-/m0/s1. The third-order valence-corrected chi connectivity index (χ3v) is 3.96. The summed E-state index contributed by atoms with van der Waals surface area (Å²) >= 11 is 5.95. The lowest BCUT2D eigenvalue weighted by molar-refractivity contribution is -0.145. The molecule has 1 heterocycles. The minimum absolute atomic E-state index is 0.146. The Morgan fingerprint density at radius 3 is 2.59 bits per heavy atom. The average molecular weight is 393 g/mol. The van der Waals surface area contributed by atoms with Crippen molar-refractivity contribution in [1.82, 2.24) is 10.3 Å². The summed E-state index contributed by atoms with van der Waals surface area (Å²) in [6, 6.07) is 7.56. The number of halogens is 1. The number of para-hydroxylation sites is 1. The molecule has 2 aromatic rings. The number of carbonyl (C=O) groups excluding carboxylic acids is 3. The van der Waals surface area contributed by atoms with Gasteiger partial charge in [-0.05, 0) is 24.5 Å². The first-order valence-corrected chi connectivity index (χ1v) is 8.79. The lowest BCUT2D eigenvalue weighted by atomic mass is 10.0. The van der Waals surface area contributed by atoms with Gasteiger partial charge in [0.05, 0.1) is 18.2 Å². The molecule has 2 rings (SSSR count). The number of benzene rings is 1. The van der Waals surface area contributed by atoms with Gasteiger partial charge < -0.3 is 14.8 Å². The zero-order valence-electron chi connectivity index (χ0n) is 15.3. The molecule has 0 spiro atoms. The number of aromatic nitrogens is 1. The Morgan fingerprint density at radius 2 is 1.93 bits per heavy atom. The van der Waals surface area contributed by atoms with Crippen LogP contribution < -0.4 is 5.32 Å². The minimum Gasteiger partial charge on any atom is -0.467 e. The van der Waals surface area contributed by atoms with E-state index in [0.717, 1.165) is 0 Å². The Labute approximate surface area is 162 Å². The molecule has 0 aliphatic rings. The van der Waals surface area contributed by atoms with Crippen LogP contribution in [0.2, 0.25) is 5.15 Å². The second-order valence-corrected chi connectivity index (χ2v) is 6.75. The fraction of sp³-hybridized carbons (Fsp3) is 0.368. The first-order chi connectivity index (χ1) is 12.8. The quantitative estimate of drug-likeness (QED) is 0.575. The number of hydrogen-bond donors (Lipinski definition) is 1. The molecular formula is C19H21ClN2O5. The molecule has 0 radical (unpaired) electrons. The van der Waals surface area contributed by atoms with Gasteiger partial charge in [0.25, 0.3) is 5.91 Å². The van der Waals surface area contributed by atoms with Gasteiger partial charge in [0.2, 0.25) is 0 Å². The van der Waals surface area contributed by atoms with Crippen LogP contribution in [0.5, 0.6) is 0 Å². The molecule has 0 aliphatic heterocycles. The molecule has 0 saturated carbocycles. The van der Waals surface area contributed by atoms with Crippen molar-refractivity contribution >= 4 is 40.3 Å². The van der Waals surface area contributed by atoms with Crippen LogP contribution in [0.25, 0.3) is 10.9 Å². The first kappa shape index (κ1) is 20.6. The van der Waals surface area contributed by atoms with E-state index in [1.54, 1.807) is 24.3 Å². The van der Waals surface area contributed by atoms with Gasteiger partial charge in [-0.2, -0.15) is 0 Å². The smallest absolute Gasteiger partial charge is 0.339 e. The highest BCUT2D eigenvalue weighted by Gasteiger charge is 2.23. The van der Waals surface area contributed by atoms with E-state index in [1.807, 2.05) is 13.8 Å². The van der Waals surface area contributed by atoms with Crippen LogP contribution in [-0.4, -0.2) is 42.6 Å². The van der Waals surface area contributed by atoms with Crippen LogP contribution in [0.1, 0.15) is 30.6 Å². The summed E-state index contributed by atoms with van der Waals surface area (Å²) in [4.78, 5) is 40.4. The molecule has 1 amide bonds. The fourth-order valence-corrected chi connectivity index (χ4v) is 2.78. The number of pyridine rings is 1. The van der Waals surface area contributed by atoms with Crippen molar-refractivity contribution in [3.63, 3.8) is 0 Å². The highest BCUT2D eigenvalue weighted by Crippen LogP contribution is 2.21. The van der Waals surface area contributed by atoms with Crippen molar-refractivity contribution in [2.75, 3.05) is 13.7 Å². The molecule has 1 aromatic heterocycles. The predicted molar refractivity (Wildman–Crippen MR) is 100 cm³/mol. The Bertz CT molecular complexity index is 853. The van der Waals surface area contributed by atoms with E-state index in [-0.39, 0.29) is 16.6 Å². The Hall–Kier alpha value is -2.67. The summed E-state index contributed by atoms with van der Waals surface area (Å²) < 4.78 is 9.77. The summed E-state index contributed by atoms with van der Waals surface area (Å²) in [7, 11) is 1.25. The molecule has 0 unspecified atom stereocenters. The van der Waals surface area contributed by atoms with Crippen LogP contribution in [0.3, 0.4) is 0 Å². The predicted octanol–water partition coefficient (Wildman–Crippen LogP) is 2.75. The Balaban J connectivity index is 2.05. The van der Waals surface area contributed by atoms with Crippen LogP contribution in [0.4, 0.5) is 0 Å². The second kappa shape index (κ2) is 9.32. The number of nitrogens with zero attached hydrogens (tertiary/aromatic N) is 1. The van der Waals surface area contributed by atoms with E-state index < -0.39 is 30.5 Å².